The smallest absolute Gasteiger partial charge is 0.240 e. The predicted octanol–water partition coefficient (Wildman–Crippen LogP) is 2.50. The number of rotatable bonds is 2. The second-order valence-electron chi connectivity index (χ2n) is 2.84. The molecule has 0 spiro atoms. The predicted molar refractivity (Wildman–Crippen MR) is 57.6 cm³/mol. The van der Waals surface area contributed by atoms with Gasteiger partial charge in [0.2, 0.25) is 11.7 Å². The Labute approximate surface area is 96.0 Å². The van der Waals surface area contributed by atoms with Crippen LogP contribution in [0.15, 0.2) is 22.7 Å². The zero-order valence-corrected chi connectivity index (χ0v) is 9.09. The van der Waals surface area contributed by atoms with Gasteiger partial charge in [0.15, 0.2) is 0 Å². The summed E-state index contributed by atoms with van der Waals surface area (Å²) in [6, 6.07) is 5.12. The van der Waals surface area contributed by atoms with Crippen LogP contribution in [0, 0.1) is 0 Å². The fourth-order valence-electron chi connectivity index (χ4n) is 1.09. The SMILES string of the molecule is NCc1nc(-c2ccc(Cl)c(Cl)c2)no1. The molecule has 0 saturated carbocycles. The maximum atomic E-state index is 5.86. The van der Waals surface area contributed by atoms with Gasteiger partial charge in [-0.2, -0.15) is 4.98 Å². The minimum Gasteiger partial charge on any atom is -0.338 e. The van der Waals surface area contributed by atoms with E-state index in [1.165, 1.54) is 0 Å². The maximum Gasteiger partial charge on any atom is 0.240 e. The molecule has 1 aromatic carbocycles. The van der Waals surface area contributed by atoms with E-state index in [1.54, 1.807) is 18.2 Å². The first-order chi connectivity index (χ1) is 7.20. The fourth-order valence-corrected chi connectivity index (χ4v) is 1.39. The zero-order chi connectivity index (χ0) is 10.8. The van der Waals surface area contributed by atoms with Crippen molar-refractivity contribution >= 4 is 23.2 Å². The van der Waals surface area contributed by atoms with Gasteiger partial charge in [-0.1, -0.05) is 28.4 Å². The van der Waals surface area contributed by atoms with E-state index in [1.807, 2.05) is 0 Å². The zero-order valence-electron chi connectivity index (χ0n) is 7.58. The molecular weight excluding hydrogens is 237 g/mol. The molecule has 0 saturated heterocycles. The van der Waals surface area contributed by atoms with Crippen molar-refractivity contribution in [2.24, 2.45) is 5.73 Å². The first-order valence-corrected chi connectivity index (χ1v) is 4.94. The van der Waals surface area contributed by atoms with Crippen LogP contribution in [0.1, 0.15) is 5.89 Å². The molecule has 0 unspecified atom stereocenters. The largest absolute Gasteiger partial charge is 0.338 e. The topological polar surface area (TPSA) is 64.9 Å². The third-order valence-corrected chi connectivity index (χ3v) is 2.56. The third kappa shape index (κ3) is 2.12. The Morgan fingerprint density at radius 1 is 1.27 bits per heavy atom. The monoisotopic (exact) mass is 243 g/mol. The molecular formula is C9H7Cl2N3O. The van der Waals surface area contributed by atoms with E-state index >= 15 is 0 Å². The Morgan fingerprint density at radius 3 is 2.67 bits per heavy atom. The van der Waals surface area contributed by atoms with Crippen molar-refractivity contribution in [3.63, 3.8) is 0 Å². The summed E-state index contributed by atoms with van der Waals surface area (Å²) in [7, 11) is 0. The normalized spacial score (nSPS) is 10.6. The molecule has 0 amide bonds. The van der Waals surface area contributed by atoms with Gasteiger partial charge in [0.05, 0.1) is 16.6 Å². The lowest BCUT2D eigenvalue weighted by atomic mass is 10.2. The molecule has 0 aliphatic rings. The number of hydrogen-bond acceptors (Lipinski definition) is 4. The van der Waals surface area contributed by atoms with Gasteiger partial charge in [-0.15, -0.1) is 0 Å². The van der Waals surface area contributed by atoms with E-state index in [2.05, 4.69) is 10.1 Å². The number of aromatic nitrogens is 2. The van der Waals surface area contributed by atoms with Gasteiger partial charge in [0, 0.05) is 5.56 Å². The first kappa shape index (κ1) is 10.4. The summed E-state index contributed by atoms with van der Waals surface area (Å²) in [5.74, 6) is 0.838. The average molecular weight is 244 g/mol. The first-order valence-electron chi connectivity index (χ1n) is 4.19. The van der Waals surface area contributed by atoms with Crippen LogP contribution < -0.4 is 5.73 Å². The van der Waals surface area contributed by atoms with Crippen LogP contribution in [0.5, 0.6) is 0 Å². The standard InChI is InChI=1S/C9H7Cl2N3O/c10-6-2-1-5(3-7(6)11)9-13-8(4-12)15-14-9/h1-3H,4,12H2. The summed E-state index contributed by atoms with van der Waals surface area (Å²) in [5, 5.41) is 4.70. The van der Waals surface area contributed by atoms with Crippen LogP contribution in [-0.4, -0.2) is 10.1 Å². The van der Waals surface area contributed by atoms with Crippen LogP contribution in [0.3, 0.4) is 0 Å². The molecule has 0 bridgehead atoms. The van der Waals surface area contributed by atoms with Crippen molar-refractivity contribution in [1.82, 2.24) is 10.1 Å². The van der Waals surface area contributed by atoms with Gasteiger partial charge in [0.1, 0.15) is 0 Å². The molecule has 1 heterocycles. The van der Waals surface area contributed by atoms with Crippen molar-refractivity contribution in [3.8, 4) is 11.4 Å². The highest BCUT2D eigenvalue weighted by atomic mass is 35.5. The highest BCUT2D eigenvalue weighted by molar-refractivity contribution is 6.42. The van der Waals surface area contributed by atoms with Crippen LogP contribution in [-0.2, 0) is 6.54 Å². The molecule has 0 radical (unpaired) electrons. The van der Waals surface area contributed by atoms with Crippen LogP contribution in [0.2, 0.25) is 10.0 Å². The van der Waals surface area contributed by atoms with Crippen LogP contribution in [0.25, 0.3) is 11.4 Å². The third-order valence-electron chi connectivity index (χ3n) is 1.82. The molecule has 0 aliphatic carbocycles. The Kier molecular flexibility index (Phi) is 2.90. The second-order valence-corrected chi connectivity index (χ2v) is 3.66. The minimum atomic E-state index is 0.217. The van der Waals surface area contributed by atoms with Crippen molar-refractivity contribution in [1.29, 1.82) is 0 Å². The van der Waals surface area contributed by atoms with Gasteiger partial charge in [-0.3, -0.25) is 0 Å². The molecule has 2 aromatic rings. The quantitative estimate of drug-likeness (QED) is 0.881. The summed E-state index contributed by atoms with van der Waals surface area (Å²) < 4.78 is 4.88. The van der Waals surface area contributed by atoms with Crippen molar-refractivity contribution in [3.05, 3.63) is 34.1 Å². The Morgan fingerprint density at radius 2 is 2.07 bits per heavy atom. The number of hydrogen-bond donors (Lipinski definition) is 1. The van der Waals surface area contributed by atoms with Gasteiger partial charge in [0.25, 0.3) is 0 Å². The number of nitrogens with two attached hydrogens (primary N) is 1. The van der Waals surface area contributed by atoms with E-state index < -0.39 is 0 Å². The van der Waals surface area contributed by atoms with Gasteiger partial charge in [-0.05, 0) is 18.2 Å². The van der Waals surface area contributed by atoms with Crippen molar-refractivity contribution in [2.45, 2.75) is 6.54 Å². The van der Waals surface area contributed by atoms with Gasteiger partial charge >= 0.3 is 0 Å². The van der Waals surface area contributed by atoms with Gasteiger partial charge < -0.3 is 10.3 Å². The number of benzene rings is 1. The lowest BCUT2D eigenvalue weighted by Crippen LogP contribution is -1.95. The second kappa shape index (κ2) is 4.18. The van der Waals surface area contributed by atoms with Crippen LogP contribution in [0.4, 0.5) is 0 Å². The molecule has 1 aromatic heterocycles. The lowest BCUT2D eigenvalue weighted by molar-refractivity contribution is 0.380. The Hall–Kier alpha value is -1.10. The van der Waals surface area contributed by atoms with E-state index in [0.29, 0.717) is 21.8 Å². The molecule has 2 N–H and O–H groups in total. The molecule has 0 aliphatic heterocycles. The molecule has 15 heavy (non-hydrogen) atoms. The van der Waals surface area contributed by atoms with E-state index in [9.17, 15) is 0 Å². The van der Waals surface area contributed by atoms with E-state index in [-0.39, 0.29) is 6.54 Å². The number of nitrogens with zero attached hydrogens (tertiary/aromatic N) is 2. The molecule has 6 heteroatoms. The molecule has 0 fully saturated rings. The Balaban J connectivity index is 2.40. The summed E-state index contributed by atoms with van der Waals surface area (Å²) in [6.07, 6.45) is 0. The van der Waals surface area contributed by atoms with Crippen LogP contribution >= 0.6 is 23.2 Å². The summed E-state index contributed by atoms with van der Waals surface area (Å²) >= 11 is 11.6. The molecule has 0 atom stereocenters. The minimum absolute atomic E-state index is 0.217. The molecule has 2 rings (SSSR count). The number of halogens is 2. The van der Waals surface area contributed by atoms with E-state index in [4.69, 9.17) is 33.5 Å². The van der Waals surface area contributed by atoms with Gasteiger partial charge in [-0.25, -0.2) is 0 Å². The summed E-state index contributed by atoms with van der Waals surface area (Å²) in [6.45, 7) is 0.217. The highest BCUT2D eigenvalue weighted by Crippen LogP contribution is 2.26. The molecule has 78 valence electrons. The lowest BCUT2D eigenvalue weighted by Gasteiger charge is -1.97. The fraction of sp³-hybridized carbons (Fsp3) is 0.111. The summed E-state index contributed by atoms with van der Waals surface area (Å²) in [4.78, 5) is 4.07. The van der Waals surface area contributed by atoms with Crippen molar-refractivity contribution in [2.75, 3.05) is 0 Å². The van der Waals surface area contributed by atoms with E-state index in [0.717, 1.165) is 5.56 Å². The average Bonchev–Trinajstić information content (AvgIpc) is 2.70. The summed E-state index contributed by atoms with van der Waals surface area (Å²) in [5.41, 5.74) is 6.10. The molecule has 4 nitrogen and oxygen atoms in total. The highest BCUT2D eigenvalue weighted by Gasteiger charge is 2.08. The van der Waals surface area contributed by atoms with Crippen molar-refractivity contribution < 1.29 is 4.52 Å². The Bertz CT molecular complexity index is 484. The maximum absolute atomic E-state index is 5.86.